The van der Waals surface area contributed by atoms with E-state index in [-0.39, 0.29) is 0 Å². The van der Waals surface area contributed by atoms with E-state index >= 15 is 0 Å². The number of piperidine rings is 1. The molecule has 1 aliphatic rings. The van der Waals surface area contributed by atoms with Crippen LogP contribution in [0.5, 0.6) is 0 Å². The molecule has 2 N–H and O–H groups in total. The molecule has 0 aliphatic carbocycles. The molecule has 0 amide bonds. The van der Waals surface area contributed by atoms with Crippen molar-refractivity contribution in [3.05, 3.63) is 35.0 Å². The van der Waals surface area contributed by atoms with Gasteiger partial charge in [-0.05, 0) is 55.6 Å². The van der Waals surface area contributed by atoms with E-state index in [1.54, 1.807) is 0 Å². The van der Waals surface area contributed by atoms with Crippen molar-refractivity contribution in [2.75, 3.05) is 13.1 Å². The van der Waals surface area contributed by atoms with Gasteiger partial charge in [0, 0.05) is 15.9 Å². The average Bonchev–Trinajstić information content (AvgIpc) is 2.73. The van der Waals surface area contributed by atoms with E-state index in [0.29, 0.717) is 5.92 Å². The molecule has 1 saturated heterocycles. The second kappa shape index (κ2) is 4.11. The minimum Gasteiger partial charge on any atom is -0.353 e. The van der Waals surface area contributed by atoms with Gasteiger partial charge in [0.2, 0.25) is 0 Å². The minimum atomic E-state index is 0.619. The first-order chi connectivity index (χ1) is 7.84. The zero-order valence-corrected chi connectivity index (χ0v) is 9.77. The Morgan fingerprint density at radius 3 is 2.88 bits per heavy atom. The Labute approximate surface area is 100.0 Å². The molecule has 1 radical (unpaired) electrons. The van der Waals surface area contributed by atoms with Gasteiger partial charge in [-0.1, -0.05) is 11.6 Å². The van der Waals surface area contributed by atoms with Crippen molar-refractivity contribution in [2.45, 2.75) is 18.8 Å². The molecule has 83 valence electrons. The molecular weight excluding hydrogens is 220 g/mol. The first-order valence-electron chi connectivity index (χ1n) is 5.74. The maximum atomic E-state index is 6.05. The molecule has 1 aromatic heterocycles. The van der Waals surface area contributed by atoms with Gasteiger partial charge in [-0.25, -0.2) is 0 Å². The molecular formula is C13H14ClN2. The predicted octanol–water partition coefficient (Wildman–Crippen LogP) is 3.09. The van der Waals surface area contributed by atoms with Gasteiger partial charge in [0.25, 0.3) is 0 Å². The third-order valence-electron chi connectivity index (χ3n) is 3.35. The smallest absolute Gasteiger partial charge is 0.0669 e. The van der Waals surface area contributed by atoms with Crippen LogP contribution in [0.25, 0.3) is 10.9 Å². The SMILES string of the molecule is Clc1ccc2[nH][c]c(C3CCNCC3)c2c1. The first kappa shape index (κ1) is 10.2. The summed E-state index contributed by atoms with van der Waals surface area (Å²) in [6.45, 7) is 2.21. The lowest BCUT2D eigenvalue weighted by Crippen LogP contribution is -2.26. The number of aromatic nitrogens is 1. The zero-order chi connectivity index (χ0) is 11.0. The summed E-state index contributed by atoms with van der Waals surface area (Å²) in [5, 5.41) is 5.42. The number of hydrogen-bond donors (Lipinski definition) is 2. The number of hydrogen-bond acceptors (Lipinski definition) is 1. The minimum absolute atomic E-state index is 0.619. The summed E-state index contributed by atoms with van der Waals surface area (Å²) in [4.78, 5) is 3.21. The largest absolute Gasteiger partial charge is 0.353 e. The van der Waals surface area contributed by atoms with Crippen molar-refractivity contribution >= 4 is 22.5 Å². The number of nitrogens with one attached hydrogen (secondary N) is 2. The van der Waals surface area contributed by atoms with E-state index in [2.05, 4.69) is 16.5 Å². The molecule has 2 aromatic rings. The van der Waals surface area contributed by atoms with Gasteiger partial charge in [-0.3, -0.25) is 0 Å². The van der Waals surface area contributed by atoms with Crippen LogP contribution in [0, 0.1) is 6.20 Å². The van der Waals surface area contributed by atoms with Crippen LogP contribution in [-0.4, -0.2) is 18.1 Å². The highest BCUT2D eigenvalue weighted by Crippen LogP contribution is 2.32. The van der Waals surface area contributed by atoms with Crippen LogP contribution in [0.1, 0.15) is 24.3 Å². The molecule has 1 aliphatic heterocycles. The van der Waals surface area contributed by atoms with Crippen LogP contribution in [0.15, 0.2) is 18.2 Å². The number of H-pyrrole nitrogens is 1. The molecule has 0 saturated carbocycles. The second-order valence-corrected chi connectivity index (χ2v) is 4.81. The number of benzene rings is 1. The molecule has 3 heteroatoms. The Kier molecular flexibility index (Phi) is 2.62. The molecule has 0 spiro atoms. The standard InChI is InChI=1S/C13H14ClN2/c14-10-1-2-13-11(7-10)12(8-16-13)9-3-5-15-6-4-9/h1-2,7,9,15-16H,3-6H2. The van der Waals surface area contributed by atoms with Gasteiger partial charge < -0.3 is 10.3 Å². The van der Waals surface area contributed by atoms with E-state index in [9.17, 15) is 0 Å². The average molecular weight is 234 g/mol. The van der Waals surface area contributed by atoms with E-state index in [1.165, 1.54) is 23.8 Å². The van der Waals surface area contributed by atoms with Crippen molar-refractivity contribution < 1.29 is 0 Å². The Balaban J connectivity index is 2.05. The van der Waals surface area contributed by atoms with Gasteiger partial charge in [-0.15, -0.1) is 0 Å². The van der Waals surface area contributed by atoms with Crippen LogP contribution >= 0.6 is 11.6 Å². The Morgan fingerprint density at radius 1 is 1.25 bits per heavy atom. The second-order valence-electron chi connectivity index (χ2n) is 4.38. The van der Waals surface area contributed by atoms with Crippen LogP contribution in [0.3, 0.4) is 0 Å². The van der Waals surface area contributed by atoms with Gasteiger partial charge in [0.15, 0.2) is 0 Å². The normalized spacial score (nSPS) is 18.1. The lowest BCUT2D eigenvalue weighted by molar-refractivity contribution is 0.462. The van der Waals surface area contributed by atoms with Gasteiger partial charge in [0.1, 0.15) is 0 Å². The molecule has 2 nitrogen and oxygen atoms in total. The molecule has 16 heavy (non-hydrogen) atoms. The molecule has 0 unspecified atom stereocenters. The quantitative estimate of drug-likeness (QED) is 0.779. The van der Waals surface area contributed by atoms with E-state index in [1.807, 2.05) is 18.2 Å². The molecule has 1 fully saturated rings. The number of aromatic amines is 1. The molecule has 0 atom stereocenters. The number of fused-ring (bicyclic) bond motifs is 1. The zero-order valence-electron chi connectivity index (χ0n) is 9.02. The number of rotatable bonds is 1. The van der Waals surface area contributed by atoms with Gasteiger partial charge >= 0.3 is 0 Å². The highest BCUT2D eigenvalue weighted by molar-refractivity contribution is 6.31. The first-order valence-corrected chi connectivity index (χ1v) is 6.12. The third-order valence-corrected chi connectivity index (χ3v) is 3.59. The van der Waals surface area contributed by atoms with Crippen LogP contribution in [-0.2, 0) is 0 Å². The monoisotopic (exact) mass is 233 g/mol. The van der Waals surface area contributed by atoms with Crippen LogP contribution < -0.4 is 5.32 Å². The van der Waals surface area contributed by atoms with Crippen molar-refractivity contribution in [2.24, 2.45) is 0 Å². The summed E-state index contributed by atoms with van der Waals surface area (Å²) in [6, 6.07) is 5.99. The fourth-order valence-electron chi connectivity index (χ4n) is 2.48. The lowest BCUT2D eigenvalue weighted by atomic mass is 9.90. The van der Waals surface area contributed by atoms with E-state index < -0.39 is 0 Å². The van der Waals surface area contributed by atoms with Crippen molar-refractivity contribution in [1.82, 2.24) is 10.3 Å². The van der Waals surface area contributed by atoms with Crippen molar-refractivity contribution in [3.8, 4) is 0 Å². The summed E-state index contributed by atoms with van der Waals surface area (Å²) < 4.78 is 0. The lowest BCUT2D eigenvalue weighted by Gasteiger charge is -2.22. The molecule has 1 aromatic carbocycles. The topological polar surface area (TPSA) is 27.8 Å². The Bertz CT molecular complexity index is 498. The summed E-state index contributed by atoms with van der Waals surface area (Å²) >= 11 is 6.05. The number of halogens is 1. The van der Waals surface area contributed by atoms with Crippen molar-refractivity contribution in [3.63, 3.8) is 0 Å². The van der Waals surface area contributed by atoms with Crippen LogP contribution in [0.2, 0.25) is 5.02 Å². The van der Waals surface area contributed by atoms with Crippen LogP contribution in [0.4, 0.5) is 0 Å². The fourth-order valence-corrected chi connectivity index (χ4v) is 2.65. The summed E-state index contributed by atoms with van der Waals surface area (Å²) in [7, 11) is 0. The highest BCUT2D eigenvalue weighted by atomic mass is 35.5. The fraction of sp³-hybridized carbons (Fsp3) is 0.385. The highest BCUT2D eigenvalue weighted by Gasteiger charge is 2.18. The van der Waals surface area contributed by atoms with E-state index in [4.69, 9.17) is 11.6 Å². The Morgan fingerprint density at radius 2 is 2.06 bits per heavy atom. The molecule has 2 heterocycles. The van der Waals surface area contributed by atoms with Gasteiger partial charge in [0.05, 0.1) is 6.20 Å². The molecule has 0 bridgehead atoms. The van der Waals surface area contributed by atoms with E-state index in [0.717, 1.165) is 23.6 Å². The predicted molar refractivity (Wildman–Crippen MR) is 67.0 cm³/mol. The Hall–Kier alpha value is -0.990. The summed E-state index contributed by atoms with van der Waals surface area (Å²) in [6.07, 6.45) is 5.68. The van der Waals surface area contributed by atoms with Crippen molar-refractivity contribution in [1.29, 1.82) is 0 Å². The maximum absolute atomic E-state index is 6.05. The third kappa shape index (κ3) is 1.72. The summed E-state index contributed by atoms with van der Waals surface area (Å²) in [5.74, 6) is 0.619. The maximum Gasteiger partial charge on any atom is 0.0669 e. The molecule has 3 rings (SSSR count). The van der Waals surface area contributed by atoms with Gasteiger partial charge in [-0.2, -0.15) is 0 Å². The summed E-state index contributed by atoms with van der Waals surface area (Å²) in [5.41, 5.74) is 2.44.